The first-order valence-corrected chi connectivity index (χ1v) is 11.6. The molecule has 0 amide bonds. The van der Waals surface area contributed by atoms with Gasteiger partial charge in [-0.25, -0.2) is 22.7 Å². The SMILES string of the molecule is Cc1ccc(F)c([C@@H](C)[C@@H](c2n[nH]c(=O)o2)N2COc3c(ccc(Cl)c3C)S2(=O)=O)c1C. The van der Waals surface area contributed by atoms with E-state index in [-0.39, 0.29) is 16.5 Å². The molecule has 11 heteroatoms. The van der Waals surface area contributed by atoms with Crippen molar-refractivity contribution in [2.24, 2.45) is 0 Å². The van der Waals surface area contributed by atoms with Crippen LogP contribution in [0.3, 0.4) is 0 Å². The molecule has 0 bridgehead atoms. The first-order chi connectivity index (χ1) is 15.0. The van der Waals surface area contributed by atoms with Crippen molar-refractivity contribution in [3.05, 3.63) is 73.8 Å². The molecule has 1 aromatic heterocycles. The van der Waals surface area contributed by atoms with Gasteiger partial charge >= 0.3 is 5.76 Å². The van der Waals surface area contributed by atoms with Gasteiger partial charge in [0.1, 0.15) is 22.5 Å². The molecule has 0 radical (unpaired) electrons. The molecule has 0 saturated carbocycles. The Labute approximate surface area is 189 Å². The molecule has 0 spiro atoms. The zero-order chi connectivity index (χ0) is 23.4. The molecule has 0 unspecified atom stereocenters. The van der Waals surface area contributed by atoms with Gasteiger partial charge in [-0.05, 0) is 55.7 Å². The zero-order valence-electron chi connectivity index (χ0n) is 17.8. The van der Waals surface area contributed by atoms with E-state index in [1.54, 1.807) is 26.8 Å². The number of hydrogen-bond donors (Lipinski definition) is 1. The first kappa shape index (κ1) is 22.5. The third kappa shape index (κ3) is 3.52. The third-order valence-corrected chi connectivity index (χ3v) is 8.14. The van der Waals surface area contributed by atoms with Crippen molar-refractivity contribution in [1.29, 1.82) is 0 Å². The molecule has 4 rings (SSSR count). The Hall–Kier alpha value is -2.69. The van der Waals surface area contributed by atoms with E-state index >= 15 is 0 Å². The molecule has 2 heterocycles. The summed E-state index contributed by atoms with van der Waals surface area (Å²) in [6.45, 7) is 6.50. The maximum absolute atomic E-state index is 14.9. The Balaban J connectivity index is 1.90. The first-order valence-electron chi connectivity index (χ1n) is 9.78. The second kappa shape index (κ2) is 8.02. The molecule has 8 nitrogen and oxygen atoms in total. The van der Waals surface area contributed by atoms with Crippen LogP contribution in [0.1, 0.15) is 47.0 Å². The summed E-state index contributed by atoms with van der Waals surface area (Å²) in [5.74, 6) is -2.15. The molecule has 0 aliphatic carbocycles. The normalized spacial score (nSPS) is 17.4. The van der Waals surface area contributed by atoms with E-state index in [1.807, 2.05) is 6.92 Å². The van der Waals surface area contributed by atoms with E-state index in [0.29, 0.717) is 21.7 Å². The van der Waals surface area contributed by atoms with Crippen LogP contribution in [0.15, 0.2) is 38.4 Å². The van der Waals surface area contributed by atoms with Crippen molar-refractivity contribution < 1.29 is 22.0 Å². The van der Waals surface area contributed by atoms with Crippen molar-refractivity contribution in [2.75, 3.05) is 6.73 Å². The minimum absolute atomic E-state index is 0.0813. The summed E-state index contributed by atoms with van der Waals surface area (Å²) >= 11 is 6.12. The van der Waals surface area contributed by atoms with E-state index < -0.39 is 40.3 Å². The fourth-order valence-corrected chi connectivity index (χ4v) is 5.91. The molecule has 170 valence electrons. The van der Waals surface area contributed by atoms with Crippen LogP contribution >= 0.6 is 11.6 Å². The van der Waals surface area contributed by atoms with Gasteiger partial charge in [0, 0.05) is 16.5 Å². The Morgan fingerprint density at radius 1 is 1.19 bits per heavy atom. The van der Waals surface area contributed by atoms with Crippen molar-refractivity contribution in [1.82, 2.24) is 14.5 Å². The number of nitrogens with one attached hydrogen (secondary N) is 1. The number of halogens is 2. The van der Waals surface area contributed by atoms with Gasteiger partial charge in [-0.1, -0.05) is 24.6 Å². The zero-order valence-corrected chi connectivity index (χ0v) is 19.3. The number of sulfonamides is 1. The molecule has 2 aromatic carbocycles. The molecule has 0 saturated heterocycles. The quantitative estimate of drug-likeness (QED) is 0.604. The lowest BCUT2D eigenvalue weighted by Crippen LogP contribution is -2.43. The maximum Gasteiger partial charge on any atom is 0.434 e. The van der Waals surface area contributed by atoms with Crippen LogP contribution in [0.5, 0.6) is 5.75 Å². The van der Waals surface area contributed by atoms with Gasteiger partial charge in [0.15, 0.2) is 6.73 Å². The lowest BCUT2D eigenvalue weighted by Gasteiger charge is -2.36. The highest BCUT2D eigenvalue weighted by Gasteiger charge is 2.45. The van der Waals surface area contributed by atoms with Crippen molar-refractivity contribution >= 4 is 21.6 Å². The van der Waals surface area contributed by atoms with Crippen LogP contribution in [0.25, 0.3) is 0 Å². The molecule has 0 fully saturated rings. The Morgan fingerprint density at radius 3 is 2.56 bits per heavy atom. The molecule has 1 aliphatic rings. The maximum atomic E-state index is 14.9. The highest BCUT2D eigenvalue weighted by molar-refractivity contribution is 7.89. The van der Waals surface area contributed by atoms with Gasteiger partial charge in [-0.3, -0.25) is 0 Å². The third-order valence-electron chi connectivity index (χ3n) is 5.91. The Morgan fingerprint density at radius 2 is 1.91 bits per heavy atom. The molecular formula is C21H21ClFN3O5S. The van der Waals surface area contributed by atoms with Crippen LogP contribution in [0, 0.1) is 26.6 Å². The fraction of sp³-hybridized carbons (Fsp3) is 0.333. The van der Waals surface area contributed by atoms with E-state index in [1.165, 1.54) is 18.2 Å². The highest BCUT2D eigenvalue weighted by Crippen LogP contribution is 2.45. The number of fused-ring (bicyclic) bond motifs is 1. The second-order valence-electron chi connectivity index (χ2n) is 7.75. The number of aromatic nitrogens is 2. The average Bonchev–Trinajstić information content (AvgIpc) is 3.15. The minimum atomic E-state index is -4.14. The van der Waals surface area contributed by atoms with E-state index in [4.69, 9.17) is 20.8 Å². The molecule has 32 heavy (non-hydrogen) atoms. The van der Waals surface area contributed by atoms with E-state index in [9.17, 15) is 17.6 Å². The number of hydrogen-bond acceptors (Lipinski definition) is 6. The van der Waals surface area contributed by atoms with Gasteiger partial charge < -0.3 is 9.15 Å². The molecular weight excluding hydrogens is 461 g/mol. The van der Waals surface area contributed by atoms with Crippen LogP contribution in [0.2, 0.25) is 5.02 Å². The minimum Gasteiger partial charge on any atom is -0.475 e. The number of aryl methyl sites for hydroxylation is 1. The summed E-state index contributed by atoms with van der Waals surface area (Å²) in [4.78, 5) is 11.6. The smallest absolute Gasteiger partial charge is 0.434 e. The lowest BCUT2D eigenvalue weighted by atomic mass is 9.87. The number of ether oxygens (including phenoxy) is 1. The number of nitrogens with zero attached hydrogens (tertiary/aromatic N) is 2. The monoisotopic (exact) mass is 481 g/mol. The summed E-state index contributed by atoms with van der Waals surface area (Å²) in [6.07, 6.45) is 0. The average molecular weight is 482 g/mol. The van der Waals surface area contributed by atoms with Crippen LogP contribution in [-0.4, -0.2) is 29.7 Å². The van der Waals surface area contributed by atoms with Crippen LogP contribution in [0.4, 0.5) is 4.39 Å². The van der Waals surface area contributed by atoms with Gasteiger partial charge in [-0.15, -0.1) is 9.40 Å². The second-order valence-corrected chi connectivity index (χ2v) is 10.0. The number of H-pyrrole nitrogens is 1. The van der Waals surface area contributed by atoms with Crippen LogP contribution < -0.4 is 10.5 Å². The number of rotatable bonds is 4. The highest BCUT2D eigenvalue weighted by atomic mass is 35.5. The topological polar surface area (TPSA) is 106 Å². The fourth-order valence-electron chi connectivity index (χ4n) is 4.05. The van der Waals surface area contributed by atoms with Gasteiger partial charge in [0.2, 0.25) is 15.9 Å². The number of benzene rings is 2. The molecule has 2 atom stereocenters. The predicted octanol–water partition coefficient (Wildman–Crippen LogP) is 3.97. The van der Waals surface area contributed by atoms with Crippen LogP contribution in [-0.2, 0) is 10.0 Å². The number of aromatic amines is 1. The lowest BCUT2D eigenvalue weighted by molar-refractivity contribution is 0.121. The molecule has 1 N–H and O–H groups in total. The largest absolute Gasteiger partial charge is 0.475 e. The summed E-state index contributed by atoms with van der Waals surface area (Å²) in [5.41, 5.74) is 2.29. The summed E-state index contributed by atoms with van der Waals surface area (Å²) in [7, 11) is -4.14. The van der Waals surface area contributed by atoms with Crippen molar-refractivity contribution in [3.63, 3.8) is 0 Å². The van der Waals surface area contributed by atoms with Gasteiger partial charge in [-0.2, -0.15) is 0 Å². The van der Waals surface area contributed by atoms with Crippen molar-refractivity contribution in [3.8, 4) is 5.75 Å². The van der Waals surface area contributed by atoms with Crippen molar-refractivity contribution in [2.45, 2.75) is 44.6 Å². The standard InChI is InChI=1S/C21H21ClFN3O5S/c1-10-5-7-15(23)17(11(10)2)13(4)18(20-24-25-21(27)31-20)26-9-30-19-12(3)14(22)6-8-16(19)32(26,28)29/h5-8,13,18H,9H2,1-4H3,(H,25,27)/t13-,18+/m1/s1. The summed E-state index contributed by atoms with van der Waals surface area (Å²) in [5, 5.41) is 6.38. The Bertz CT molecular complexity index is 1370. The van der Waals surface area contributed by atoms with Gasteiger partial charge in [0.25, 0.3) is 0 Å². The predicted molar refractivity (Wildman–Crippen MR) is 115 cm³/mol. The summed E-state index contributed by atoms with van der Waals surface area (Å²) in [6, 6.07) is 4.64. The van der Waals surface area contributed by atoms with E-state index in [2.05, 4.69) is 10.2 Å². The Kier molecular flexibility index (Phi) is 5.64. The summed E-state index contributed by atoms with van der Waals surface area (Å²) < 4.78 is 54.1. The van der Waals surface area contributed by atoms with E-state index in [0.717, 1.165) is 9.87 Å². The molecule has 1 aliphatic heterocycles. The molecule has 3 aromatic rings. The van der Waals surface area contributed by atoms with Gasteiger partial charge in [0.05, 0.1) is 0 Å².